The molecule has 1 atom stereocenters. The van der Waals surface area contributed by atoms with Crippen LogP contribution in [0.5, 0.6) is 5.75 Å². The molecule has 1 unspecified atom stereocenters. The maximum absolute atomic E-state index is 13.5. The van der Waals surface area contributed by atoms with Crippen LogP contribution < -0.4 is 10.1 Å². The maximum atomic E-state index is 13.5. The van der Waals surface area contributed by atoms with Crippen LogP contribution >= 0.6 is 0 Å². The number of aliphatic hydroxyl groups is 1. The Kier molecular flexibility index (Phi) is 9.70. The molecule has 0 radical (unpaired) electrons. The van der Waals surface area contributed by atoms with Crippen molar-refractivity contribution in [2.24, 2.45) is 5.92 Å². The van der Waals surface area contributed by atoms with Gasteiger partial charge in [-0.05, 0) is 49.1 Å². The molecule has 8 heteroatoms. The molecule has 0 aliphatic heterocycles. The number of aliphatic hydroxyl groups excluding tert-OH is 1. The van der Waals surface area contributed by atoms with Crippen LogP contribution in [0.2, 0.25) is 0 Å². The summed E-state index contributed by atoms with van der Waals surface area (Å²) in [5.41, 5.74) is 1.02. The predicted octanol–water partition coefficient (Wildman–Crippen LogP) is 6.01. The third-order valence-corrected chi connectivity index (χ3v) is 5.79. The van der Waals surface area contributed by atoms with E-state index in [0.29, 0.717) is 11.3 Å². The number of carbonyl (C=O) groups is 3. The van der Waals surface area contributed by atoms with E-state index >= 15 is 0 Å². The fourth-order valence-corrected chi connectivity index (χ4v) is 4.13. The summed E-state index contributed by atoms with van der Waals surface area (Å²) in [4.78, 5) is 39.7. The lowest BCUT2D eigenvalue weighted by molar-refractivity contribution is -0.165. The van der Waals surface area contributed by atoms with Crippen molar-refractivity contribution < 1.29 is 29.0 Å². The van der Waals surface area contributed by atoms with Crippen LogP contribution in [0.1, 0.15) is 48.0 Å². The second-order valence-corrected chi connectivity index (χ2v) is 10.8. The number of rotatable bonds is 9. The summed E-state index contributed by atoms with van der Waals surface area (Å²) in [7, 11) is 0. The van der Waals surface area contributed by atoms with Crippen LogP contribution in [0.15, 0.2) is 60.7 Å². The van der Waals surface area contributed by atoms with E-state index in [4.69, 9.17) is 9.47 Å². The summed E-state index contributed by atoms with van der Waals surface area (Å²) in [6.07, 6.45) is -1.37. The van der Waals surface area contributed by atoms with Gasteiger partial charge >= 0.3 is 18.0 Å². The Labute approximate surface area is 229 Å². The monoisotopic (exact) mass is 534 g/mol. The van der Waals surface area contributed by atoms with Gasteiger partial charge in [0, 0.05) is 18.5 Å². The van der Waals surface area contributed by atoms with Gasteiger partial charge in [0.15, 0.2) is 11.9 Å². The third kappa shape index (κ3) is 8.04. The molecule has 8 nitrogen and oxygen atoms in total. The Morgan fingerprint density at radius 1 is 0.923 bits per heavy atom. The topological polar surface area (TPSA) is 105 Å². The summed E-state index contributed by atoms with van der Waals surface area (Å²) in [5.74, 6) is -0.968. The molecule has 0 spiro atoms. The molecule has 3 aromatic carbocycles. The standard InChI is InChI=1S/C31H38N2O6/c1-7-27(35)38-28-24(23-15-10-13-21-12-8-9-14-22(21)23)16-11-17-25(28)32-30(37)33(18-20(2)3)19-26(34)29(36)39-31(4,5)6/h8-17,20,26,34H,7,18-19H2,1-6H3,(H,32,37). The minimum absolute atomic E-state index is 0.0565. The number of hydrogen-bond donors (Lipinski definition) is 2. The minimum atomic E-state index is -1.52. The molecule has 2 amide bonds. The highest BCUT2D eigenvalue weighted by atomic mass is 16.6. The van der Waals surface area contributed by atoms with Gasteiger partial charge in [-0.1, -0.05) is 75.4 Å². The van der Waals surface area contributed by atoms with Crippen molar-refractivity contribution in [2.75, 3.05) is 18.4 Å². The van der Waals surface area contributed by atoms with Gasteiger partial charge in [0.2, 0.25) is 0 Å². The zero-order chi connectivity index (χ0) is 28.7. The molecular weight excluding hydrogens is 496 g/mol. The van der Waals surface area contributed by atoms with Crippen LogP contribution in [0.4, 0.5) is 10.5 Å². The number of para-hydroxylation sites is 1. The molecule has 0 bridgehead atoms. The fourth-order valence-electron chi connectivity index (χ4n) is 4.13. The number of ether oxygens (including phenoxy) is 2. The van der Waals surface area contributed by atoms with Gasteiger partial charge in [-0.2, -0.15) is 0 Å². The van der Waals surface area contributed by atoms with Crippen molar-refractivity contribution in [1.82, 2.24) is 4.90 Å². The van der Waals surface area contributed by atoms with Gasteiger partial charge < -0.3 is 24.8 Å². The summed E-state index contributed by atoms with van der Waals surface area (Å²) >= 11 is 0. The lowest BCUT2D eigenvalue weighted by Crippen LogP contribution is -2.46. The Morgan fingerprint density at radius 3 is 2.23 bits per heavy atom. The van der Waals surface area contributed by atoms with E-state index in [1.165, 1.54) is 4.90 Å². The van der Waals surface area contributed by atoms with Crippen LogP contribution in [0, 0.1) is 5.92 Å². The van der Waals surface area contributed by atoms with E-state index in [-0.39, 0.29) is 31.2 Å². The Balaban J connectivity index is 1.98. The molecule has 0 aromatic heterocycles. The number of fused-ring (bicyclic) bond motifs is 1. The van der Waals surface area contributed by atoms with Crippen LogP contribution in [-0.4, -0.2) is 52.8 Å². The Hall–Kier alpha value is -3.91. The molecule has 2 N–H and O–H groups in total. The quantitative estimate of drug-likeness (QED) is 0.257. The molecule has 3 rings (SSSR count). The first-order chi connectivity index (χ1) is 18.4. The lowest BCUT2D eigenvalue weighted by Gasteiger charge is -2.28. The van der Waals surface area contributed by atoms with E-state index in [9.17, 15) is 19.5 Å². The van der Waals surface area contributed by atoms with Crippen molar-refractivity contribution in [3.63, 3.8) is 0 Å². The largest absolute Gasteiger partial charge is 0.458 e. The van der Waals surface area contributed by atoms with E-state index in [1.807, 2.05) is 62.4 Å². The number of esters is 2. The molecule has 0 fully saturated rings. The Morgan fingerprint density at radius 2 is 1.56 bits per heavy atom. The summed E-state index contributed by atoms with van der Waals surface area (Å²) in [5, 5.41) is 15.4. The molecule has 0 saturated carbocycles. The van der Waals surface area contributed by atoms with Crippen molar-refractivity contribution >= 4 is 34.4 Å². The SMILES string of the molecule is CCC(=O)Oc1c(NC(=O)N(CC(C)C)CC(O)C(=O)OC(C)(C)C)cccc1-c1cccc2ccccc12. The molecule has 0 saturated heterocycles. The number of benzene rings is 3. The first-order valence-electron chi connectivity index (χ1n) is 13.2. The second kappa shape index (κ2) is 12.8. The van der Waals surface area contributed by atoms with Gasteiger partial charge in [-0.25, -0.2) is 9.59 Å². The highest BCUT2D eigenvalue weighted by molar-refractivity contribution is 6.01. The highest BCUT2D eigenvalue weighted by Crippen LogP contribution is 2.40. The molecule has 0 aliphatic rings. The molecule has 3 aromatic rings. The molecule has 208 valence electrons. The second-order valence-electron chi connectivity index (χ2n) is 10.8. The van der Waals surface area contributed by atoms with Crippen molar-refractivity contribution in [1.29, 1.82) is 0 Å². The summed E-state index contributed by atoms with van der Waals surface area (Å²) in [6, 6.07) is 18.5. The van der Waals surface area contributed by atoms with Crippen LogP contribution in [-0.2, 0) is 14.3 Å². The van der Waals surface area contributed by atoms with E-state index in [2.05, 4.69) is 5.32 Å². The number of hydrogen-bond acceptors (Lipinski definition) is 6. The maximum Gasteiger partial charge on any atom is 0.337 e. The molecule has 0 aliphatic carbocycles. The summed E-state index contributed by atoms with van der Waals surface area (Å²) < 4.78 is 11.0. The first-order valence-corrected chi connectivity index (χ1v) is 13.2. The average Bonchev–Trinajstić information content (AvgIpc) is 2.87. The number of carbonyl (C=O) groups excluding carboxylic acids is 3. The lowest BCUT2D eigenvalue weighted by atomic mass is 9.97. The Bertz CT molecular complexity index is 1320. The molecule has 0 heterocycles. The molecule has 39 heavy (non-hydrogen) atoms. The van der Waals surface area contributed by atoms with E-state index < -0.39 is 29.7 Å². The smallest absolute Gasteiger partial charge is 0.337 e. The number of nitrogens with zero attached hydrogens (tertiary/aromatic N) is 1. The minimum Gasteiger partial charge on any atom is -0.458 e. The van der Waals surface area contributed by atoms with E-state index in [0.717, 1.165) is 16.3 Å². The number of urea groups is 1. The highest BCUT2D eigenvalue weighted by Gasteiger charge is 2.28. The summed E-state index contributed by atoms with van der Waals surface area (Å²) in [6.45, 7) is 10.7. The van der Waals surface area contributed by atoms with Crippen LogP contribution in [0.3, 0.4) is 0 Å². The van der Waals surface area contributed by atoms with Crippen molar-refractivity contribution in [3.8, 4) is 16.9 Å². The zero-order valence-corrected chi connectivity index (χ0v) is 23.5. The normalized spacial score (nSPS) is 12.2. The van der Waals surface area contributed by atoms with Gasteiger partial charge in [0.05, 0.1) is 12.2 Å². The third-order valence-electron chi connectivity index (χ3n) is 5.79. The van der Waals surface area contributed by atoms with Gasteiger partial charge in [0.1, 0.15) is 5.60 Å². The number of anilines is 1. The van der Waals surface area contributed by atoms with Gasteiger partial charge in [-0.15, -0.1) is 0 Å². The van der Waals surface area contributed by atoms with Crippen LogP contribution in [0.25, 0.3) is 21.9 Å². The number of nitrogens with one attached hydrogen (secondary N) is 1. The first kappa shape index (κ1) is 29.6. The van der Waals surface area contributed by atoms with Crippen molar-refractivity contribution in [2.45, 2.75) is 59.7 Å². The van der Waals surface area contributed by atoms with E-state index in [1.54, 1.807) is 39.8 Å². The predicted molar refractivity (Wildman–Crippen MR) is 153 cm³/mol. The zero-order valence-electron chi connectivity index (χ0n) is 23.5. The molecular formula is C31H38N2O6. The van der Waals surface area contributed by atoms with Gasteiger partial charge in [-0.3, -0.25) is 4.79 Å². The van der Waals surface area contributed by atoms with Crippen molar-refractivity contribution in [3.05, 3.63) is 60.7 Å². The fraction of sp³-hybridized carbons (Fsp3) is 0.387. The average molecular weight is 535 g/mol. The van der Waals surface area contributed by atoms with Gasteiger partial charge in [0.25, 0.3) is 0 Å². The number of amides is 2.